The molecule has 0 saturated carbocycles. The minimum atomic E-state index is -0.0971. The van der Waals surface area contributed by atoms with Gasteiger partial charge in [-0.3, -0.25) is 14.6 Å². The lowest BCUT2D eigenvalue weighted by molar-refractivity contribution is -0.120. The molecule has 0 bridgehead atoms. The van der Waals surface area contributed by atoms with Crippen molar-refractivity contribution < 1.29 is 19.1 Å². The molecule has 0 aliphatic carbocycles. The molecule has 1 aromatic carbocycles. The summed E-state index contributed by atoms with van der Waals surface area (Å²) in [6, 6.07) is 8.89. The maximum absolute atomic E-state index is 12.4. The molecule has 7 nitrogen and oxygen atoms in total. The van der Waals surface area contributed by atoms with Crippen LogP contribution in [0.25, 0.3) is 0 Å². The van der Waals surface area contributed by atoms with Gasteiger partial charge in [-0.1, -0.05) is 11.8 Å². The molecule has 0 radical (unpaired) electrons. The molecule has 2 aromatic heterocycles. The van der Waals surface area contributed by atoms with E-state index < -0.39 is 0 Å². The number of hydrogen-bond acceptors (Lipinski definition) is 8. The predicted molar refractivity (Wildman–Crippen MR) is 110 cm³/mol. The van der Waals surface area contributed by atoms with Gasteiger partial charge in [-0.2, -0.15) is 0 Å². The van der Waals surface area contributed by atoms with Crippen LogP contribution in [0.3, 0.4) is 0 Å². The summed E-state index contributed by atoms with van der Waals surface area (Å²) in [4.78, 5) is 32.9. The predicted octanol–water partition coefficient (Wildman–Crippen LogP) is 3.10. The van der Waals surface area contributed by atoms with E-state index in [9.17, 15) is 9.59 Å². The van der Waals surface area contributed by atoms with Crippen molar-refractivity contribution in [3.63, 3.8) is 0 Å². The number of ketones is 1. The monoisotopic (exact) mass is 427 g/mol. The van der Waals surface area contributed by atoms with Gasteiger partial charge >= 0.3 is 0 Å². The minimum Gasteiger partial charge on any atom is -0.454 e. The van der Waals surface area contributed by atoms with Crippen LogP contribution < -0.4 is 14.8 Å². The Morgan fingerprint density at radius 2 is 1.97 bits per heavy atom. The fourth-order valence-corrected chi connectivity index (χ4v) is 4.38. The van der Waals surface area contributed by atoms with Crippen LogP contribution in [-0.2, 0) is 17.8 Å². The van der Waals surface area contributed by atoms with Crippen molar-refractivity contribution in [2.45, 2.75) is 17.3 Å². The van der Waals surface area contributed by atoms with Gasteiger partial charge in [-0.25, -0.2) is 4.98 Å². The Balaban J connectivity index is 1.25. The summed E-state index contributed by atoms with van der Waals surface area (Å²) < 4.78 is 11.3. The molecular formula is C20H17N3O4S2. The molecule has 148 valence electrons. The Labute approximate surface area is 175 Å². The largest absolute Gasteiger partial charge is 0.454 e. The molecule has 0 unspecified atom stereocenters. The number of rotatable bonds is 8. The van der Waals surface area contributed by atoms with Crippen LogP contribution in [0.1, 0.15) is 21.6 Å². The fourth-order valence-electron chi connectivity index (χ4n) is 2.64. The third-order valence-corrected chi connectivity index (χ3v) is 6.20. The highest BCUT2D eigenvalue weighted by atomic mass is 32.2. The number of nitrogens with one attached hydrogen (secondary N) is 1. The van der Waals surface area contributed by atoms with Gasteiger partial charge in [0, 0.05) is 29.9 Å². The number of aromatic nitrogens is 2. The van der Waals surface area contributed by atoms with Crippen molar-refractivity contribution in [2.24, 2.45) is 0 Å². The summed E-state index contributed by atoms with van der Waals surface area (Å²) in [6.45, 7) is 0.636. The lowest BCUT2D eigenvalue weighted by atomic mass is 10.1. The van der Waals surface area contributed by atoms with Gasteiger partial charge in [0.25, 0.3) is 0 Å². The standard InChI is InChI=1S/C20H17N3O4S2/c24-16(14-1-2-17-18(7-14)27-12-26-17)11-29-20-23-15(10-28-20)8-19(25)22-9-13-3-5-21-6-4-13/h1-7,10H,8-9,11-12H2,(H,22,25). The van der Waals surface area contributed by atoms with Crippen LogP contribution >= 0.6 is 23.1 Å². The number of carbonyl (C=O) groups is 2. The molecule has 0 saturated heterocycles. The molecule has 0 fully saturated rings. The van der Waals surface area contributed by atoms with Gasteiger partial charge in [0.05, 0.1) is 17.9 Å². The third kappa shape index (κ3) is 5.12. The molecule has 1 aliphatic rings. The first-order valence-corrected chi connectivity index (χ1v) is 10.7. The van der Waals surface area contributed by atoms with Crippen LogP contribution in [-0.4, -0.2) is 34.2 Å². The second-order valence-corrected chi connectivity index (χ2v) is 8.27. The molecule has 4 rings (SSSR count). The number of benzene rings is 1. The number of pyridine rings is 1. The number of ether oxygens (including phenoxy) is 2. The van der Waals surface area contributed by atoms with Gasteiger partial charge in [-0.05, 0) is 35.9 Å². The van der Waals surface area contributed by atoms with E-state index in [2.05, 4.69) is 15.3 Å². The number of fused-ring (bicyclic) bond motifs is 1. The molecule has 29 heavy (non-hydrogen) atoms. The number of thioether (sulfide) groups is 1. The second-order valence-electron chi connectivity index (χ2n) is 6.19. The van der Waals surface area contributed by atoms with E-state index in [-0.39, 0.29) is 30.7 Å². The molecule has 1 aliphatic heterocycles. The molecule has 0 atom stereocenters. The lowest BCUT2D eigenvalue weighted by Gasteiger charge is -2.03. The summed E-state index contributed by atoms with van der Waals surface area (Å²) in [5.74, 6) is 1.40. The summed E-state index contributed by atoms with van der Waals surface area (Å²) in [5.41, 5.74) is 2.26. The van der Waals surface area contributed by atoms with Crippen molar-refractivity contribution in [1.82, 2.24) is 15.3 Å². The van der Waals surface area contributed by atoms with Crippen molar-refractivity contribution >= 4 is 34.8 Å². The van der Waals surface area contributed by atoms with E-state index in [0.29, 0.717) is 29.3 Å². The molecule has 1 amide bonds. The molecule has 3 aromatic rings. The number of hydrogen-bond donors (Lipinski definition) is 1. The molecule has 3 heterocycles. The van der Waals surface area contributed by atoms with E-state index >= 15 is 0 Å². The Morgan fingerprint density at radius 3 is 2.83 bits per heavy atom. The topological polar surface area (TPSA) is 90.4 Å². The van der Waals surface area contributed by atoms with Crippen LogP contribution in [0, 0.1) is 0 Å². The summed E-state index contributed by atoms with van der Waals surface area (Å²) >= 11 is 2.79. The Hall–Kier alpha value is -2.91. The van der Waals surface area contributed by atoms with Gasteiger partial charge in [-0.15, -0.1) is 11.3 Å². The van der Waals surface area contributed by atoms with E-state index in [1.165, 1.54) is 23.1 Å². The summed E-state index contributed by atoms with van der Waals surface area (Å²) in [6.07, 6.45) is 3.59. The molecule has 1 N–H and O–H groups in total. The molecular weight excluding hydrogens is 410 g/mol. The Kier molecular flexibility index (Phi) is 6.06. The van der Waals surface area contributed by atoms with Crippen LogP contribution in [0.2, 0.25) is 0 Å². The zero-order valence-corrected chi connectivity index (χ0v) is 16.9. The first-order valence-electron chi connectivity index (χ1n) is 8.83. The first kappa shape index (κ1) is 19.4. The molecule has 0 spiro atoms. The number of thiazole rings is 1. The number of carbonyl (C=O) groups excluding carboxylic acids is 2. The quantitative estimate of drug-likeness (QED) is 0.436. The Morgan fingerprint density at radius 1 is 1.14 bits per heavy atom. The number of amides is 1. The average molecular weight is 428 g/mol. The van der Waals surface area contributed by atoms with Crippen molar-refractivity contribution in [2.75, 3.05) is 12.5 Å². The van der Waals surface area contributed by atoms with E-state index in [4.69, 9.17) is 9.47 Å². The van der Waals surface area contributed by atoms with Crippen molar-refractivity contribution in [3.05, 3.63) is 64.9 Å². The third-order valence-electron chi connectivity index (χ3n) is 4.13. The van der Waals surface area contributed by atoms with Crippen LogP contribution in [0.5, 0.6) is 11.5 Å². The van der Waals surface area contributed by atoms with Crippen LogP contribution in [0.15, 0.2) is 52.4 Å². The highest BCUT2D eigenvalue weighted by molar-refractivity contribution is 8.01. The van der Waals surface area contributed by atoms with Crippen molar-refractivity contribution in [3.8, 4) is 11.5 Å². The second kappa shape index (κ2) is 9.06. The van der Waals surface area contributed by atoms with Gasteiger partial charge in [0.15, 0.2) is 21.6 Å². The summed E-state index contributed by atoms with van der Waals surface area (Å²) in [5, 5.41) is 4.71. The zero-order valence-electron chi connectivity index (χ0n) is 15.3. The number of Topliss-reactive ketones (excluding diaryl/α,β-unsaturated/α-hetero) is 1. The van der Waals surface area contributed by atoms with Gasteiger partial charge in [0.1, 0.15) is 0 Å². The minimum absolute atomic E-state index is 0.0138. The van der Waals surface area contributed by atoms with E-state index in [1.54, 1.807) is 30.6 Å². The summed E-state index contributed by atoms with van der Waals surface area (Å²) in [7, 11) is 0. The van der Waals surface area contributed by atoms with Gasteiger partial charge in [0.2, 0.25) is 12.7 Å². The highest BCUT2D eigenvalue weighted by Gasteiger charge is 2.17. The number of nitrogens with zero attached hydrogens (tertiary/aromatic N) is 2. The van der Waals surface area contributed by atoms with Gasteiger partial charge < -0.3 is 14.8 Å². The maximum atomic E-state index is 12.4. The maximum Gasteiger partial charge on any atom is 0.231 e. The highest BCUT2D eigenvalue weighted by Crippen LogP contribution is 2.33. The van der Waals surface area contributed by atoms with Crippen molar-refractivity contribution in [1.29, 1.82) is 0 Å². The van der Waals surface area contributed by atoms with E-state index in [0.717, 1.165) is 9.90 Å². The normalized spacial score (nSPS) is 12.0. The zero-order chi connectivity index (χ0) is 20.1. The fraction of sp³-hybridized carbons (Fsp3) is 0.200. The SMILES string of the molecule is O=C(Cc1csc(SCC(=O)c2ccc3c(c2)OCO3)n1)NCc1ccncc1. The molecule has 9 heteroatoms. The Bertz CT molecular complexity index is 1020. The van der Waals surface area contributed by atoms with Crippen LogP contribution in [0.4, 0.5) is 0 Å². The average Bonchev–Trinajstić information content (AvgIpc) is 3.40. The first-order chi connectivity index (χ1) is 14.2. The lowest BCUT2D eigenvalue weighted by Crippen LogP contribution is -2.24. The van der Waals surface area contributed by atoms with E-state index in [1.807, 2.05) is 17.5 Å². The smallest absolute Gasteiger partial charge is 0.231 e.